The quantitative estimate of drug-likeness (QED) is 0.449. The Hall–Kier alpha value is -2.08. The fourth-order valence-corrected chi connectivity index (χ4v) is 2.91. The van der Waals surface area contributed by atoms with Gasteiger partial charge in [-0.05, 0) is 31.6 Å². The lowest BCUT2D eigenvalue weighted by molar-refractivity contribution is -0.148. The Balaban J connectivity index is 2.30. The summed E-state index contributed by atoms with van der Waals surface area (Å²) in [6.07, 6.45) is 1.81. The molecule has 2 N–H and O–H groups in total. The zero-order valence-electron chi connectivity index (χ0n) is 14.1. The zero-order chi connectivity index (χ0) is 17.5. The summed E-state index contributed by atoms with van der Waals surface area (Å²) >= 11 is 5.24. The van der Waals surface area contributed by atoms with Gasteiger partial charge in [0.2, 0.25) is 0 Å². The van der Waals surface area contributed by atoms with Crippen LogP contribution in [0.1, 0.15) is 38.3 Å². The van der Waals surface area contributed by atoms with Gasteiger partial charge in [-0.15, -0.1) is 0 Å². The number of unbranched alkanes of at least 4 members (excludes halogenated alkanes) is 1. The van der Waals surface area contributed by atoms with E-state index in [1.54, 1.807) is 0 Å². The Morgan fingerprint density at radius 1 is 1.33 bits per heavy atom. The van der Waals surface area contributed by atoms with Crippen molar-refractivity contribution in [2.75, 3.05) is 13.2 Å². The van der Waals surface area contributed by atoms with Crippen LogP contribution in [0.5, 0.6) is 5.75 Å². The number of carbonyl (C=O) groups is 1. The molecule has 0 amide bonds. The minimum atomic E-state index is -0.574. The highest BCUT2D eigenvalue weighted by Crippen LogP contribution is 2.35. The highest BCUT2D eigenvalue weighted by atomic mass is 32.1. The van der Waals surface area contributed by atoms with Gasteiger partial charge in [-0.3, -0.25) is 4.79 Å². The Bertz CT molecular complexity index is 618. The van der Waals surface area contributed by atoms with Gasteiger partial charge in [0, 0.05) is 11.3 Å². The van der Waals surface area contributed by atoms with Gasteiger partial charge < -0.3 is 20.1 Å². The molecule has 1 aliphatic rings. The van der Waals surface area contributed by atoms with Crippen molar-refractivity contribution in [3.8, 4) is 5.75 Å². The number of hydrogen-bond donors (Lipinski definition) is 2. The molecule has 1 fully saturated rings. The topological polar surface area (TPSA) is 59.6 Å². The van der Waals surface area contributed by atoms with Gasteiger partial charge in [0.1, 0.15) is 11.7 Å². The highest BCUT2D eigenvalue weighted by molar-refractivity contribution is 7.80. The molecule has 2 rings (SSSR count). The van der Waals surface area contributed by atoms with E-state index >= 15 is 0 Å². The third kappa shape index (κ3) is 4.26. The summed E-state index contributed by atoms with van der Waals surface area (Å²) in [5, 5.41) is 6.54. The van der Waals surface area contributed by atoms with Crippen molar-refractivity contribution < 1.29 is 14.3 Å². The number of esters is 1. The van der Waals surface area contributed by atoms with Crippen LogP contribution in [0, 0.1) is 5.92 Å². The Morgan fingerprint density at radius 2 is 2.08 bits per heavy atom. The van der Waals surface area contributed by atoms with E-state index in [4.69, 9.17) is 21.7 Å². The lowest BCUT2D eigenvalue weighted by Gasteiger charge is -2.35. The van der Waals surface area contributed by atoms with E-state index in [0.717, 1.165) is 24.2 Å². The second-order valence-corrected chi connectivity index (χ2v) is 5.98. The van der Waals surface area contributed by atoms with Crippen LogP contribution in [-0.4, -0.2) is 24.3 Å². The summed E-state index contributed by atoms with van der Waals surface area (Å²) in [5.74, 6) is -0.163. The summed E-state index contributed by atoms with van der Waals surface area (Å²) in [5.41, 5.74) is 1.40. The van der Waals surface area contributed by atoms with E-state index in [1.807, 2.05) is 31.2 Å². The largest absolute Gasteiger partial charge is 0.494 e. The molecule has 1 aromatic rings. The van der Waals surface area contributed by atoms with Crippen molar-refractivity contribution in [2.45, 2.75) is 32.7 Å². The normalized spacial score (nSPS) is 20.1. The average molecular weight is 348 g/mol. The molecule has 0 bridgehead atoms. The first-order valence-corrected chi connectivity index (χ1v) is 8.64. The zero-order valence-corrected chi connectivity index (χ0v) is 14.9. The Kier molecular flexibility index (Phi) is 6.61. The lowest BCUT2D eigenvalue weighted by Crippen LogP contribution is -2.51. The molecule has 5 nitrogen and oxygen atoms in total. The molecule has 1 saturated heterocycles. The predicted octanol–water partition coefficient (Wildman–Crippen LogP) is 3.08. The number of para-hydroxylation sites is 1. The van der Waals surface area contributed by atoms with Crippen LogP contribution in [0.2, 0.25) is 0 Å². The van der Waals surface area contributed by atoms with E-state index < -0.39 is 5.92 Å². The summed E-state index contributed by atoms with van der Waals surface area (Å²) in [6, 6.07) is 7.25. The van der Waals surface area contributed by atoms with Crippen molar-refractivity contribution in [1.29, 1.82) is 0 Å². The van der Waals surface area contributed by atoms with Gasteiger partial charge in [0.05, 0.1) is 19.3 Å². The molecule has 24 heavy (non-hydrogen) atoms. The molecule has 1 heterocycles. The summed E-state index contributed by atoms with van der Waals surface area (Å²) in [7, 11) is 0. The second-order valence-electron chi connectivity index (χ2n) is 5.57. The van der Waals surface area contributed by atoms with E-state index in [-0.39, 0.29) is 12.0 Å². The first-order chi connectivity index (χ1) is 11.6. The van der Waals surface area contributed by atoms with E-state index in [0.29, 0.717) is 24.0 Å². The number of thiocarbonyl (C=S) groups is 1. The predicted molar refractivity (Wildman–Crippen MR) is 97.7 cm³/mol. The molecular formula is C18H24N2O3S. The second kappa shape index (κ2) is 8.68. The van der Waals surface area contributed by atoms with Gasteiger partial charge in [0.25, 0.3) is 0 Å². The van der Waals surface area contributed by atoms with E-state index in [2.05, 4.69) is 24.1 Å². The maximum Gasteiger partial charge on any atom is 0.317 e. The Morgan fingerprint density at radius 3 is 2.79 bits per heavy atom. The van der Waals surface area contributed by atoms with Gasteiger partial charge in [-0.2, -0.15) is 0 Å². The van der Waals surface area contributed by atoms with E-state index in [9.17, 15) is 4.79 Å². The molecule has 0 saturated carbocycles. The number of benzene rings is 1. The Labute approximate surface area is 148 Å². The molecule has 130 valence electrons. The molecule has 6 heteroatoms. The number of nitrogens with one attached hydrogen (secondary N) is 2. The standard InChI is InChI=1S/C18H24N2O3S/c1-4-6-11-23-17(21)15-12(3)19-18(24)20-16(15)13-9-7-8-10-14(13)22-5-2/h7-10,15-16H,3-6,11H2,1-2H3,(H2,19,20,24)/t15-,16+/m1/s1. The van der Waals surface area contributed by atoms with Crippen molar-refractivity contribution in [2.24, 2.45) is 5.92 Å². The van der Waals surface area contributed by atoms with Crippen LogP contribution in [0.15, 0.2) is 36.5 Å². The van der Waals surface area contributed by atoms with Gasteiger partial charge >= 0.3 is 5.97 Å². The van der Waals surface area contributed by atoms with Crippen molar-refractivity contribution in [3.05, 3.63) is 42.1 Å². The molecule has 1 aliphatic heterocycles. The summed E-state index contributed by atoms with van der Waals surface area (Å²) in [4.78, 5) is 12.6. The fraction of sp³-hybridized carbons (Fsp3) is 0.444. The molecule has 1 aromatic carbocycles. The molecule has 2 atom stereocenters. The number of rotatable bonds is 7. The van der Waals surface area contributed by atoms with Crippen LogP contribution >= 0.6 is 12.2 Å². The first-order valence-electron chi connectivity index (χ1n) is 8.23. The monoisotopic (exact) mass is 348 g/mol. The van der Waals surface area contributed by atoms with Gasteiger partial charge in [-0.1, -0.05) is 38.1 Å². The van der Waals surface area contributed by atoms with Crippen molar-refractivity contribution in [1.82, 2.24) is 10.6 Å². The van der Waals surface area contributed by atoms with Crippen LogP contribution < -0.4 is 15.4 Å². The van der Waals surface area contributed by atoms with Crippen molar-refractivity contribution in [3.63, 3.8) is 0 Å². The minimum Gasteiger partial charge on any atom is -0.494 e. The van der Waals surface area contributed by atoms with Gasteiger partial charge in [0.15, 0.2) is 5.11 Å². The van der Waals surface area contributed by atoms with Crippen LogP contribution in [0.3, 0.4) is 0 Å². The molecule has 0 aromatic heterocycles. The van der Waals surface area contributed by atoms with E-state index in [1.165, 1.54) is 0 Å². The maximum absolute atomic E-state index is 12.6. The van der Waals surface area contributed by atoms with Crippen molar-refractivity contribution >= 4 is 23.3 Å². The number of hydrogen-bond acceptors (Lipinski definition) is 4. The third-order valence-corrected chi connectivity index (χ3v) is 4.04. The number of carbonyl (C=O) groups excluding carboxylic acids is 1. The van der Waals surface area contributed by atoms with Crippen LogP contribution in [0.4, 0.5) is 0 Å². The number of ether oxygens (including phenoxy) is 2. The summed E-state index contributed by atoms with van der Waals surface area (Å²) < 4.78 is 11.1. The molecule has 0 radical (unpaired) electrons. The lowest BCUT2D eigenvalue weighted by atomic mass is 9.88. The first kappa shape index (κ1) is 18.3. The maximum atomic E-state index is 12.6. The van der Waals surface area contributed by atoms with Crippen LogP contribution in [-0.2, 0) is 9.53 Å². The highest BCUT2D eigenvalue weighted by Gasteiger charge is 2.39. The summed E-state index contributed by atoms with van der Waals surface area (Å²) in [6.45, 7) is 8.89. The molecule has 0 unspecified atom stereocenters. The average Bonchev–Trinajstić information content (AvgIpc) is 2.55. The minimum absolute atomic E-state index is 0.313. The molecule has 0 spiro atoms. The molecule has 0 aliphatic carbocycles. The fourth-order valence-electron chi connectivity index (χ4n) is 2.65. The SMILES string of the molecule is C=C1NC(=S)N[C@@H](c2ccccc2OCC)[C@@H]1C(=O)OCCCC. The van der Waals surface area contributed by atoms with Gasteiger partial charge in [-0.25, -0.2) is 0 Å². The van der Waals surface area contributed by atoms with Crippen LogP contribution in [0.25, 0.3) is 0 Å². The smallest absolute Gasteiger partial charge is 0.317 e. The third-order valence-electron chi connectivity index (χ3n) is 3.82. The molecular weight excluding hydrogens is 324 g/mol.